The molecule has 0 atom stereocenters. The molecule has 21 heavy (non-hydrogen) atoms. The number of carbonyl (C=O) groups excluding carboxylic acids is 1. The molecule has 0 unspecified atom stereocenters. The molecule has 2 rings (SSSR count). The lowest BCUT2D eigenvalue weighted by Gasteiger charge is -2.09. The zero-order chi connectivity index (χ0) is 15.1. The molecular weight excluding hydrogens is 266 g/mol. The molecule has 0 saturated carbocycles. The van der Waals surface area contributed by atoms with Crippen molar-refractivity contribution in [1.82, 2.24) is 5.43 Å². The van der Waals surface area contributed by atoms with Crippen molar-refractivity contribution in [3.05, 3.63) is 65.2 Å². The molecule has 2 amide bonds. The fourth-order valence-corrected chi connectivity index (χ4v) is 1.73. The third-order valence-corrected chi connectivity index (χ3v) is 2.81. The number of nitrogens with one attached hydrogen (secondary N) is 1. The molecule has 0 heterocycles. The highest BCUT2D eigenvalue weighted by atomic mass is 16.5. The molecule has 2 aromatic carbocycles. The Kier molecular flexibility index (Phi) is 4.93. The highest BCUT2D eigenvalue weighted by Crippen LogP contribution is 2.17. The summed E-state index contributed by atoms with van der Waals surface area (Å²) in [5.41, 5.74) is 10.2. The molecule has 0 fully saturated rings. The fraction of sp³-hybridized carbons (Fsp3) is 0.125. The van der Waals surface area contributed by atoms with Gasteiger partial charge in [-0.15, -0.1) is 0 Å². The van der Waals surface area contributed by atoms with Gasteiger partial charge in [-0.1, -0.05) is 42.0 Å². The van der Waals surface area contributed by atoms with Crippen molar-refractivity contribution in [2.45, 2.75) is 13.5 Å². The standard InChI is InChI=1S/C16H17N3O2/c1-12-6-8-13(9-7-12)11-21-15-5-3-2-4-14(15)10-18-19-16(17)20/h2-10H,11H2,1H3,(H3,17,19,20)/b18-10+. The Morgan fingerprint density at radius 3 is 2.67 bits per heavy atom. The number of para-hydroxylation sites is 1. The zero-order valence-corrected chi connectivity index (χ0v) is 11.7. The van der Waals surface area contributed by atoms with Gasteiger partial charge in [-0.3, -0.25) is 0 Å². The number of hydrogen-bond donors (Lipinski definition) is 2. The number of benzene rings is 2. The van der Waals surface area contributed by atoms with Crippen LogP contribution in [0.15, 0.2) is 53.6 Å². The Bertz CT molecular complexity index is 636. The summed E-state index contributed by atoms with van der Waals surface area (Å²) in [6.45, 7) is 2.51. The lowest BCUT2D eigenvalue weighted by molar-refractivity contribution is 0.249. The molecule has 0 aliphatic rings. The van der Waals surface area contributed by atoms with Crippen LogP contribution in [0, 0.1) is 6.92 Å². The molecule has 0 saturated heterocycles. The second-order valence-electron chi connectivity index (χ2n) is 4.55. The highest BCUT2D eigenvalue weighted by molar-refractivity contribution is 5.84. The number of nitrogens with two attached hydrogens (primary N) is 1. The smallest absolute Gasteiger partial charge is 0.332 e. The Morgan fingerprint density at radius 1 is 1.24 bits per heavy atom. The SMILES string of the molecule is Cc1ccc(COc2ccccc2/C=N/NC(N)=O)cc1. The van der Waals surface area contributed by atoms with E-state index in [9.17, 15) is 4.79 Å². The van der Waals surface area contributed by atoms with Gasteiger partial charge in [0, 0.05) is 5.56 Å². The number of amides is 2. The average molecular weight is 283 g/mol. The molecular formula is C16H17N3O2. The van der Waals surface area contributed by atoms with Crippen LogP contribution in [-0.4, -0.2) is 12.2 Å². The van der Waals surface area contributed by atoms with Crippen molar-refractivity contribution < 1.29 is 9.53 Å². The van der Waals surface area contributed by atoms with Gasteiger partial charge < -0.3 is 10.5 Å². The van der Waals surface area contributed by atoms with E-state index in [1.165, 1.54) is 11.8 Å². The van der Waals surface area contributed by atoms with Crippen molar-refractivity contribution in [2.75, 3.05) is 0 Å². The van der Waals surface area contributed by atoms with Crippen molar-refractivity contribution >= 4 is 12.2 Å². The van der Waals surface area contributed by atoms with E-state index in [1.54, 1.807) is 0 Å². The Balaban J connectivity index is 2.04. The minimum absolute atomic E-state index is 0.467. The number of ether oxygens (including phenoxy) is 1. The second kappa shape index (κ2) is 7.09. The van der Waals surface area contributed by atoms with Crippen LogP contribution in [-0.2, 0) is 6.61 Å². The molecule has 0 bridgehead atoms. The molecule has 3 N–H and O–H groups in total. The minimum Gasteiger partial charge on any atom is -0.488 e. The summed E-state index contributed by atoms with van der Waals surface area (Å²) in [4.78, 5) is 10.6. The molecule has 2 aromatic rings. The van der Waals surface area contributed by atoms with Crippen LogP contribution in [0.1, 0.15) is 16.7 Å². The molecule has 0 radical (unpaired) electrons. The van der Waals surface area contributed by atoms with Crippen molar-refractivity contribution in [3.63, 3.8) is 0 Å². The summed E-state index contributed by atoms with van der Waals surface area (Å²) in [7, 11) is 0. The average Bonchev–Trinajstić information content (AvgIpc) is 2.47. The number of primary amides is 1. The van der Waals surface area contributed by atoms with E-state index in [0.717, 1.165) is 11.1 Å². The van der Waals surface area contributed by atoms with Crippen LogP contribution in [0.4, 0.5) is 4.79 Å². The number of carbonyl (C=O) groups is 1. The molecule has 108 valence electrons. The number of aryl methyl sites for hydroxylation is 1. The van der Waals surface area contributed by atoms with Gasteiger partial charge >= 0.3 is 6.03 Å². The third-order valence-electron chi connectivity index (χ3n) is 2.81. The third kappa shape index (κ3) is 4.65. The summed E-state index contributed by atoms with van der Waals surface area (Å²) in [5, 5.41) is 3.74. The monoisotopic (exact) mass is 283 g/mol. The van der Waals surface area contributed by atoms with Crippen molar-refractivity contribution in [2.24, 2.45) is 10.8 Å². The normalized spacial score (nSPS) is 10.5. The van der Waals surface area contributed by atoms with Crippen LogP contribution in [0.2, 0.25) is 0 Å². The maximum Gasteiger partial charge on any atom is 0.332 e. The van der Waals surface area contributed by atoms with Gasteiger partial charge in [-0.05, 0) is 24.6 Å². The van der Waals surface area contributed by atoms with Gasteiger partial charge in [0.1, 0.15) is 12.4 Å². The first-order chi connectivity index (χ1) is 10.1. The summed E-state index contributed by atoms with van der Waals surface area (Å²) < 4.78 is 5.79. The topological polar surface area (TPSA) is 76.7 Å². The van der Waals surface area contributed by atoms with Crippen LogP contribution in [0.25, 0.3) is 0 Å². The first-order valence-corrected chi connectivity index (χ1v) is 6.51. The van der Waals surface area contributed by atoms with E-state index in [2.05, 4.69) is 10.5 Å². The molecule has 0 aliphatic carbocycles. The van der Waals surface area contributed by atoms with Crippen molar-refractivity contribution in [1.29, 1.82) is 0 Å². The van der Waals surface area contributed by atoms with Crippen LogP contribution < -0.4 is 15.9 Å². The maximum absolute atomic E-state index is 10.6. The van der Waals surface area contributed by atoms with Gasteiger partial charge in [0.05, 0.1) is 6.21 Å². The van der Waals surface area contributed by atoms with Gasteiger partial charge in [0.2, 0.25) is 0 Å². The molecule has 5 nitrogen and oxygen atoms in total. The van der Waals surface area contributed by atoms with E-state index in [1.807, 2.05) is 55.5 Å². The van der Waals surface area contributed by atoms with Gasteiger partial charge in [0.25, 0.3) is 0 Å². The fourth-order valence-electron chi connectivity index (χ4n) is 1.73. The Morgan fingerprint density at radius 2 is 1.95 bits per heavy atom. The van der Waals surface area contributed by atoms with Crippen molar-refractivity contribution in [3.8, 4) is 5.75 Å². The second-order valence-corrected chi connectivity index (χ2v) is 4.55. The highest BCUT2D eigenvalue weighted by Gasteiger charge is 2.01. The molecule has 0 spiro atoms. The zero-order valence-electron chi connectivity index (χ0n) is 11.7. The van der Waals surface area contributed by atoms with Gasteiger partial charge in [-0.2, -0.15) is 5.10 Å². The summed E-state index contributed by atoms with van der Waals surface area (Å²) in [5.74, 6) is 0.688. The van der Waals surface area contributed by atoms with Crippen LogP contribution in [0.5, 0.6) is 5.75 Å². The van der Waals surface area contributed by atoms with E-state index >= 15 is 0 Å². The molecule has 0 aromatic heterocycles. The van der Waals surface area contributed by atoms with E-state index in [0.29, 0.717) is 12.4 Å². The number of hydrazone groups is 1. The number of urea groups is 1. The predicted molar refractivity (Wildman–Crippen MR) is 82.3 cm³/mol. The number of nitrogens with zero attached hydrogens (tertiary/aromatic N) is 1. The van der Waals surface area contributed by atoms with E-state index in [4.69, 9.17) is 10.5 Å². The lowest BCUT2D eigenvalue weighted by atomic mass is 10.1. The Labute approximate surface area is 123 Å². The maximum atomic E-state index is 10.6. The first kappa shape index (κ1) is 14.6. The number of rotatable bonds is 5. The summed E-state index contributed by atoms with van der Waals surface area (Å²) >= 11 is 0. The van der Waals surface area contributed by atoms with E-state index < -0.39 is 6.03 Å². The quantitative estimate of drug-likeness (QED) is 0.653. The summed E-state index contributed by atoms with van der Waals surface area (Å²) in [6, 6.07) is 14.9. The molecule has 5 heteroatoms. The van der Waals surface area contributed by atoms with Crippen LogP contribution >= 0.6 is 0 Å². The minimum atomic E-state index is -0.704. The predicted octanol–water partition coefficient (Wildman–Crippen LogP) is 2.58. The Hall–Kier alpha value is -2.82. The van der Waals surface area contributed by atoms with Gasteiger partial charge in [0.15, 0.2) is 0 Å². The van der Waals surface area contributed by atoms with Crippen LogP contribution in [0.3, 0.4) is 0 Å². The lowest BCUT2D eigenvalue weighted by Crippen LogP contribution is -2.24. The van der Waals surface area contributed by atoms with Gasteiger partial charge in [-0.25, -0.2) is 10.2 Å². The van der Waals surface area contributed by atoms with E-state index in [-0.39, 0.29) is 0 Å². The summed E-state index contributed by atoms with van der Waals surface area (Å²) in [6.07, 6.45) is 1.50. The first-order valence-electron chi connectivity index (χ1n) is 6.51. The number of hydrogen-bond acceptors (Lipinski definition) is 3. The molecule has 0 aliphatic heterocycles. The largest absolute Gasteiger partial charge is 0.488 e.